The molecule has 1 atom stereocenters. The molecule has 3 aliphatic rings. The number of carbonyl (C=O) groups excluding carboxylic acids is 2. The highest BCUT2D eigenvalue weighted by Gasteiger charge is 2.36. The first kappa shape index (κ1) is 22.3. The highest BCUT2D eigenvalue weighted by Crippen LogP contribution is 2.39. The monoisotopic (exact) mass is 439 g/mol. The summed E-state index contributed by atoms with van der Waals surface area (Å²) in [6, 6.07) is 2.13. The normalized spacial score (nSPS) is 20.9. The van der Waals surface area contributed by atoms with Crippen molar-refractivity contribution < 1.29 is 14.3 Å². The van der Waals surface area contributed by atoms with Crippen LogP contribution in [0.5, 0.6) is 0 Å². The van der Waals surface area contributed by atoms with Crippen molar-refractivity contribution in [2.24, 2.45) is 5.84 Å². The molecule has 2 amide bonds. The van der Waals surface area contributed by atoms with E-state index in [1.807, 2.05) is 31.8 Å². The van der Waals surface area contributed by atoms with Crippen LogP contribution in [-0.2, 0) is 9.53 Å². The van der Waals surface area contributed by atoms with Gasteiger partial charge in [0, 0.05) is 36.0 Å². The van der Waals surface area contributed by atoms with Crippen LogP contribution in [0.1, 0.15) is 65.4 Å². The quantitative estimate of drug-likeness (QED) is 0.564. The van der Waals surface area contributed by atoms with E-state index in [2.05, 4.69) is 17.1 Å². The van der Waals surface area contributed by atoms with Crippen LogP contribution in [0.3, 0.4) is 0 Å². The Kier molecular flexibility index (Phi) is 6.24. The molecule has 0 radical (unpaired) electrons. The SMILES string of the molecule is CC(=O)N1c2ncc(C3=C(N(N)C4CC4)CCCC=C3)cc2N(C(=O)OC(C)C)C[C@@H]1C. The molecule has 1 saturated carbocycles. The smallest absolute Gasteiger partial charge is 0.414 e. The van der Waals surface area contributed by atoms with Gasteiger partial charge in [0.05, 0.1) is 24.4 Å². The summed E-state index contributed by atoms with van der Waals surface area (Å²) < 4.78 is 5.50. The fourth-order valence-corrected chi connectivity index (χ4v) is 4.45. The molecule has 0 spiro atoms. The Balaban J connectivity index is 1.82. The van der Waals surface area contributed by atoms with Gasteiger partial charge in [-0.1, -0.05) is 12.2 Å². The van der Waals surface area contributed by atoms with Gasteiger partial charge in [-0.2, -0.15) is 0 Å². The number of hydrazine groups is 1. The molecule has 0 aromatic carbocycles. The van der Waals surface area contributed by atoms with Crippen LogP contribution < -0.4 is 15.6 Å². The number of amides is 2. The molecule has 1 fully saturated rings. The van der Waals surface area contributed by atoms with Crippen molar-refractivity contribution in [3.63, 3.8) is 0 Å². The summed E-state index contributed by atoms with van der Waals surface area (Å²) in [5.41, 5.74) is 3.60. The number of pyridine rings is 1. The number of rotatable bonds is 4. The van der Waals surface area contributed by atoms with Gasteiger partial charge >= 0.3 is 6.09 Å². The topological polar surface area (TPSA) is 92.0 Å². The summed E-state index contributed by atoms with van der Waals surface area (Å²) >= 11 is 0. The van der Waals surface area contributed by atoms with E-state index in [9.17, 15) is 9.59 Å². The Morgan fingerprint density at radius 1 is 1.31 bits per heavy atom. The van der Waals surface area contributed by atoms with Crippen LogP contribution in [0.2, 0.25) is 0 Å². The highest BCUT2D eigenvalue weighted by molar-refractivity contribution is 6.01. The lowest BCUT2D eigenvalue weighted by atomic mass is 10.0. The maximum absolute atomic E-state index is 12.9. The van der Waals surface area contributed by atoms with E-state index in [1.165, 1.54) is 6.92 Å². The lowest BCUT2D eigenvalue weighted by Crippen LogP contribution is -2.52. The van der Waals surface area contributed by atoms with Crippen molar-refractivity contribution >= 4 is 29.1 Å². The third-order valence-electron chi connectivity index (χ3n) is 6.09. The van der Waals surface area contributed by atoms with E-state index in [-0.39, 0.29) is 18.1 Å². The maximum Gasteiger partial charge on any atom is 0.414 e. The molecule has 32 heavy (non-hydrogen) atoms. The number of carbonyl (C=O) groups is 2. The van der Waals surface area contributed by atoms with Crippen LogP contribution in [-0.4, -0.2) is 46.7 Å². The number of aromatic nitrogens is 1. The van der Waals surface area contributed by atoms with Crippen molar-refractivity contribution in [1.29, 1.82) is 0 Å². The van der Waals surface area contributed by atoms with E-state index in [0.717, 1.165) is 48.9 Å². The Morgan fingerprint density at radius 3 is 2.72 bits per heavy atom. The zero-order chi connectivity index (χ0) is 23.0. The van der Waals surface area contributed by atoms with E-state index in [4.69, 9.17) is 10.6 Å². The van der Waals surface area contributed by atoms with Crippen LogP contribution >= 0.6 is 0 Å². The van der Waals surface area contributed by atoms with Crippen molar-refractivity contribution in [1.82, 2.24) is 9.99 Å². The first-order valence-corrected chi connectivity index (χ1v) is 11.5. The average Bonchev–Trinajstić information content (AvgIpc) is 3.58. The van der Waals surface area contributed by atoms with Gasteiger partial charge in [0.15, 0.2) is 5.82 Å². The van der Waals surface area contributed by atoms with Crippen LogP contribution in [0, 0.1) is 0 Å². The zero-order valence-corrected chi connectivity index (χ0v) is 19.4. The third kappa shape index (κ3) is 4.37. The minimum absolute atomic E-state index is 0.105. The van der Waals surface area contributed by atoms with Crippen molar-refractivity contribution in [3.05, 3.63) is 35.7 Å². The largest absolute Gasteiger partial charge is 0.446 e. The summed E-state index contributed by atoms with van der Waals surface area (Å²) in [6.07, 6.45) is 10.5. The summed E-state index contributed by atoms with van der Waals surface area (Å²) in [6.45, 7) is 7.42. The second kappa shape index (κ2) is 8.94. The summed E-state index contributed by atoms with van der Waals surface area (Å²) in [7, 11) is 0. The first-order valence-electron chi connectivity index (χ1n) is 11.5. The molecule has 2 N–H and O–H groups in total. The average molecular weight is 440 g/mol. The Labute approximate surface area is 189 Å². The number of ether oxygens (including phenoxy) is 1. The predicted octanol–water partition coefficient (Wildman–Crippen LogP) is 3.98. The van der Waals surface area contributed by atoms with Crippen molar-refractivity contribution in [2.45, 2.75) is 78.0 Å². The van der Waals surface area contributed by atoms with Gasteiger partial charge in [0.1, 0.15) is 0 Å². The van der Waals surface area contributed by atoms with Gasteiger partial charge in [-0.15, -0.1) is 0 Å². The van der Waals surface area contributed by atoms with E-state index >= 15 is 0 Å². The van der Waals surface area contributed by atoms with Gasteiger partial charge in [0.25, 0.3) is 0 Å². The number of hydrogen-bond acceptors (Lipinski definition) is 6. The molecule has 1 aromatic rings. The number of hydrogen-bond donors (Lipinski definition) is 1. The summed E-state index contributed by atoms with van der Waals surface area (Å²) in [5.74, 6) is 6.86. The molecule has 0 bridgehead atoms. The Bertz CT molecular complexity index is 966. The van der Waals surface area contributed by atoms with Crippen LogP contribution in [0.4, 0.5) is 16.3 Å². The van der Waals surface area contributed by atoms with Crippen molar-refractivity contribution in [2.75, 3.05) is 16.3 Å². The molecule has 2 aliphatic carbocycles. The number of allylic oxidation sites excluding steroid dienone is 4. The molecule has 0 unspecified atom stereocenters. The van der Waals surface area contributed by atoms with E-state index in [0.29, 0.717) is 24.1 Å². The fraction of sp³-hybridized carbons (Fsp3) is 0.542. The molecule has 8 nitrogen and oxygen atoms in total. The number of nitrogens with two attached hydrogens (primary N) is 1. The lowest BCUT2D eigenvalue weighted by Gasteiger charge is -2.39. The summed E-state index contributed by atoms with van der Waals surface area (Å²) in [4.78, 5) is 33.2. The predicted molar refractivity (Wildman–Crippen MR) is 125 cm³/mol. The standard InChI is InChI=1S/C24H33N5O3/c1-15(2)32-24(31)27-14-16(3)28(17(4)30)23-22(27)12-18(13-26-23)20-8-6-5-7-9-21(20)29(25)19-10-11-19/h6,8,12-13,15-16,19H,5,7,9-11,14,25H2,1-4H3/t16-/m0/s1. The second-order valence-corrected chi connectivity index (χ2v) is 9.14. The van der Waals surface area contributed by atoms with Crippen LogP contribution in [0.15, 0.2) is 30.1 Å². The van der Waals surface area contributed by atoms with E-state index in [1.54, 1.807) is 16.0 Å². The Hall–Kier alpha value is -2.87. The molecular formula is C24H33N5O3. The number of fused-ring (bicyclic) bond motifs is 1. The van der Waals surface area contributed by atoms with Gasteiger partial charge < -0.3 is 9.75 Å². The first-order chi connectivity index (χ1) is 15.3. The highest BCUT2D eigenvalue weighted by atomic mass is 16.6. The minimum atomic E-state index is -0.431. The molecule has 1 aliphatic heterocycles. The second-order valence-electron chi connectivity index (χ2n) is 9.14. The zero-order valence-electron chi connectivity index (χ0n) is 19.4. The maximum atomic E-state index is 12.9. The molecule has 1 aromatic heterocycles. The number of nitrogens with zero attached hydrogens (tertiary/aromatic N) is 4. The Morgan fingerprint density at radius 2 is 2.06 bits per heavy atom. The molecule has 8 heteroatoms. The van der Waals surface area contributed by atoms with Crippen molar-refractivity contribution in [3.8, 4) is 0 Å². The summed E-state index contributed by atoms with van der Waals surface area (Å²) in [5, 5.41) is 1.92. The molecular weight excluding hydrogens is 406 g/mol. The lowest BCUT2D eigenvalue weighted by molar-refractivity contribution is -0.117. The van der Waals surface area contributed by atoms with Gasteiger partial charge in [-0.3, -0.25) is 14.6 Å². The van der Waals surface area contributed by atoms with Gasteiger partial charge in [0.2, 0.25) is 5.91 Å². The minimum Gasteiger partial charge on any atom is -0.446 e. The van der Waals surface area contributed by atoms with Gasteiger partial charge in [-0.25, -0.2) is 15.6 Å². The molecule has 0 saturated heterocycles. The third-order valence-corrected chi connectivity index (χ3v) is 6.09. The van der Waals surface area contributed by atoms with Gasteiger partial charge in [-0.05, 0) is 58.9 Å². The molecule has 172 valence electrons. The number of anilines is 2. The van der Waals surface area contributed by atoms with Crippen LogP contribution in [0.25, 0.3) is 5.57 Å². The molecule has 4 rings (SSSR count). The molecule has 2 heterocycles. The fourth-order valence-electron chi connectivity index (χ4n) is 4.45. The van der Waals surface area contributed by atoms with E-state index < -0.39 is 6.09 Å².